The van der Waals surface area contributed by atoms with Gasteiger partial charge in [0.1, 0.15) is 5.56 Å². The van der Waals surface area contributed by atoms with Crippen LogP contribution in [0.25, 0.3) is 0 Å². The first-order valence-corrected chi connectivity index (χ1v) is 4.63. The second-order valence-corrected chi connectivity index (χ2v) is 3.55. The van der Waals surface area contributed by atoms with Crippen molar-refractivity contribution in [2.24, 2.45) is 0 Å². The average Bonchev–Trinajstić information content (AvgIpc) is 2.61. The van der Waals surface area contributed by atoms with E-state index in [0.29, 0.717) is 0 Å². The molecule has 15 heavy (non-hydrogen) atoms. The zero-order valence-corrected chi connectivity index (χ0v) is 7.90. The van der Waals surface area contributed by atoms with Crippen molar-refractivity contribution in [3.63, 3.8) is 0 Å². The van der Waals surface area contributed by atoms with Gasteiger partial charge in [0.2, 0.25) is 0 Å². The van der Waals surface area contributed by atoms with Gasteiger partial charge < -0.3 is 5.11 Å². The van der Waals surface area contributed by atoms with Crippen molar-refractivity contribution in [1.29, 1.82) is 0 Å². The van der Waals surface area contributed by atoms with Gasteiger partial charge in [-0.1, -0.05) is 0 Å². The van der Waals surface area contributed by atoms with Gasteiger partial charge in [0, 0.05) is 6.07 Å². The lowest BCUT2D eigenvalue weighted by atomic mass is 10.0. The zero-order chi connectivity index (χ0) is 11.0. The Morgan fingerprint density at radius 1 is 1.33 bits per heavy atom. The maximum atomic E-state index is 10.8. The Morgan fingerprint density at radius 3 is 2.47 bits per heavy atom. The number of benzene rings is 1. The largest absolute Gasteiger partial charge is 0.477 e. The molecule has 0 atom stereocenters. The van der Waals surface area contributed by atoms with E-state index < -0.39 is 10.9 Å². The number of aryl methyl sites for hydroxylation is 2. The maximum Gasteiger partial charge on any atom is 0.342 e. The van der Waals surface area contributed by atoms with Crippen LogP contribution in [0.1, 0.15) is 27.9 Å². The number of hydrogen-bond donors (Lipinski definition) is 1. The van der Waals surface area contributed by atoms with Gasteiger partial charge in [0.05, 0.1) is 4.92 Å². The summed E-state index contributed by atoms with van der Waals surface area (Å²) in [6.45, 7) is 0. The molecule has 5 nitrogen and oxygen atoms in total. The van der Waals surface area contributed by atoms with Crippen molar-refractivity contribution in [1.82, 2.24) is 0 Å². The summed E-state index contributed by atoms with van der Waals surface area (Å²) >= 11 is 0. The topological polar surface area (TPSA) is 80.4 Å². The van der Waals surface area contributed by atoms with Gasteiger partial charge in [0.25, 0.3) is 5.69 Å². The van der Waals surface area contributed by atoms with Gasteiger partial charge in [0.15, 0.2) is 0 Å². The van der Waals surface area contributed by atoms with E-state index >= 15 is 0 Å². The van der Waals surface area contributed by atoms with Crippen molar-refractivity contribution in [2.45, 2.75) is 19.3 Å². The van der Waals surface area contributed by atoms with Crippen molar-refractivity contribution in [3.8, 4) is 0 Å². The van der Waals surface area contributed by atoms with Gasteiger partial charge in [-0.3, -0.25) is 10.1 Å². The van der Waals surface area contributed by atoms with Crippen molar-refractivity contribution < 1.29 is 14.8 Å². The lowest BCUT2D eigenvalue weighted by molar-refractivity contribution is -0.385. The molecule has 5 heteroatoms. The van der Waals surface area contributed by atoms with Gasteiger partial charge >= 0.3 is 5.97 Å². The smallest absolute Gasteiger partial charge is 0.342 e. The van der Waals surface area contributed by atoms with E-state index in [0.717, 1.165) is 30.4 Å². The normalized spacial score (nSPS) is 13.6. The first-order valence-electron chi connectivity index (χ1n) is 4.63. The summed E-state index contributed by atoms with van der Waals surface area (Å²) in [7, 11) is 0. The van der Waals surface area contributed by atoms with E-state index in [4.69, 9.17) is 5.11 Å². The summed E-state index contributed by atoms with van der Waals surface area (Å²) in [6.07, 6.45) is 2.55. The summed E-state index contributed by atoms with van der Waals surface area (Å²) < 4.78 is 0. The number of hydrogen-bond acceptors (Lipinski definition) is 3. The number of rotatable bonds is 2. The predicted molar refractivity (Wildman–Crippen MR) is 52.1 cm³/mol. The molecule has 2 rings (SSSR count). The predicted octanol–water partition coefficient (Wildman–Crippen LogP) is 1.78. The van der Waals surface area contributed by atoms with Crippen LogP contribution in [0.15, 0.2) is 12.1 Å². The maximum absolute atomic E-state index is 10.8. The SMILES string of the molecule is O=C(O)c1cc2c(cc1[N+](=O)[O-])CCC2. The van der Waals surface area contributed by atoms with E-state index in [1.54, 1.807) is 0 Å². The third-order valence-electron chi connectivity index (χ3n) is 2.64. The van der Waals surface area contributed by atoms with Gasteiger partial charge in [-0.2, -0.15) is 0 Å². The third kappa shape index (κ3) is 1.56. The quantitative estimate of drug-likeness (QED) is 0.592. The average molecular weight is 207 g/mol. The number of carboxylic acid groups (broad SMARTS) is 1. The molecule has 0 aromatic heterocycles. The highest BCUT2D eigenvalue weighted by Crippen LogP contribution is 2.29. The number of aromatic carboxylic acids is 1. The molecule has 1 N–H and O–H groups in total. The van der Waals surface area contributed by atoms with Crippen LogP contribution >= 0.6 is 0 Å². The summed E-state index contributed by atoms with van der Waals surface area (Å²) in [5.41, 5.74) is 1.33. The van der Waals surface area contributed by atoms with Gasteiger partial charge in [-0.15, -0.1) is 0 Å². The standard InChI is InChI=1S/C10H9NO4/c12-10(13)8-4-6-2-1-3-7(6)5-9(8)11(14)15/h4-5H,1-3H2,(H,12,13). The fourth-order valence-corrected chi connectivity index (χ4v) is 1.93. The molecule has 0 saturated heterocycles. The van der Waals surface area contributed by atoms with Crippen molar-refractivity contribution >= 4 is 11.7 Å². The Balaban J connectivity index is 2.62. The molecule has 0 amide bonds. The fraction of sp³-hybridized carbons (Fsp3) is 0.300. The van der Waals surface area contributed by atoms with Gasteiger partial charge in [-0.05, 0) is 36.5 Å². The molecule has 0 saturated carbocycles. The van der Waals surface area contributed by atoms with E-state index in [2.05, 4.69) is 0 Å². The Hall–Kier alpha value is -1.91. The highest BCUT2D eigenvalue weighted by molar-refractivity contribution is 5.92. The summed E-state index contributed by atoms with van der Waals surface area (Å²) in [4.78, 5) is 20.9. The van der Waals surface area contributed by atoms with Crippen LogP contribution in [0.3, 0.4) is 0 Å². The second-order valence-electron chi connectivity index (χ2n) is 3.55. The molecule has 1 aliphatic carbocycles. The number of carbonyl (C=O) groups is 1. The lowest BCUT2D eigenvalue weighted by Crippen LogP contribution is -2.04. The van der Waals surface area contributed by atoms with E-state index in [1.165, 1.54) is 12.1 Å². The van der Waals surface area contributed by atoms with Crippen LogP contribution in [0, 0.1) is 10.1 Å². The number of fused-ring (bicyclic) bond motifs is 1. The summed E-state index contributed by atoms with van der Waals surface area (Å²) in [5, 5.41) is 19.5. The molecule has 0 fully saturated rings. The number of carboxylic acids is 1. The minimum absolute atomic E-state index is 0.208. The lowest BCUT2D eigenvalue weighted by Gasteiger charge is -2.02. The Kier molecular flexibility index (Phi) is 2.15. The summed E-state index contributed by atoms with van der Waals surface area (Å²) in [5.74, 6) is -1.24. The first-order chi connectivity index (χ1) is 7.09. The molecule has 1 aromatic rings. The monoisotopic (exact) mass is 207 g/mol. The second kappa shape index (κ2) is 3.34. The van der Waals surface area contributed by atoms with Crippen LogP contribution in [-0.2, 0) is 12.8 Å². The number of nitro benzene ring substituents is 1. The van der Waals surface area contributed by atoms with Crippen LogP contribution in [0.5, 0.6) is 0 Å². The first kappa shape index (κ1) is 9.64. The molecule has 0 aliphatic heterocycles. The molecular weight excluding hydrogens is 198 g/mol. The minimum Gasteiger partial charge on any atom is -0.477 e. The molecule has 0 unspecified atom stereocenters. The van der Waals surface area contributed by atoms with Crippen LogP contribution < -0.4 is 0 Å². The zero-order valence-electron chi connectivity index (χ0n) is 7.90. The van der Waals surface area contributed by atoms with E-state index in [1.807, 2.05) is 0 Å². The summed E-state index contributed by atoms with van der Waals surface area (Å²) in [6, 6.07) is 2.83. The molecule has 1 aromatic carbocycles. The van der Waals surface area contributed by atoms with Gasteiger partial charge in [-0.25, -0.2) is 4.79 Å². The van der Waals surface area contributed by atoms with E-state index in [-0.39, 0.29) is 11.3 Å². The molecule has 0 radical (unpaired) electrons. The minimum atomic E-state index is -1.24. The van der Waals surface area contributed by atoms with Crippen molar-refractivity contribution in [3.05, 3.63) is 38.9 Å². The molecule has 1 aliphatic rings. The Labute approximate surface area is 85.5 Å². The van der Waals surface area contributed by atoms with Crippen molar-refractivity contribution in [2.75, 3.05) is 0 Å². The van der Waals surface area contributed by atoms with Crippen LogP contribution in [0.2, 0.25) is 0 Å². The molecular formula is C10H9NO4. The third-order valence-corrected chi connectivity index (χ3v) is 2.64. The Morgan fingerprint density at radius 2 is 1.93 bits per heavy atom. The Bertz CT molecular complexity index is 412. The highest BCUT2D eigenvalue weighted by atomic mass is 16.6. The molecule has 78 valence electrons. The molecule has 0 spiro atoms. The highest BCUT2D eigenvalue weighted by Gasteiger charge is 2.24. The van der Waals surface area contributed by atoms with E-state index in [9.17, 15) is 14.9 Å². The number of nitrogens with zero attached hydrogens (tertiary/aromatic N) is 1. The fourth-order valence-electron chi connectivity index (χ4n) is 1.93. The van der Waals surface area contributed by atoms with Crippen LogP contribution in [-0.4, -0.2) is 16.0 Å². The molecule has 0 heterocycles. The molecule has 0 bridgehead atoms. The van der Waals surface area contributed by atoms with Crippen LogP contribution in [0.4, 0.5) is 5.69 Å². The number of nitro groups is 1.